The van der Waals surface area contributed by atoms with E-state index in [9.17, 15) is 8.42 Å². The molecule has 0 radical (unpaired) electrons. The molecule has 6 nitrogen and oxygen atoms in total. The number of aromatic nitrogens is 1. The lowest BCUT2D eigenvalue weighted by atomic mass is 10.00. The second-order valence-corrected chi connectivity index (χ2v) is 7.24. The number of hydrogen-bond donors (Lipinski definition) is 1. The third-order valence-electron chi connectivity index (χ3n) is 3.55. The van der Waals surface area contributed by atoms with Gasteiger partial charge in [0.2, 0.25) is 0 Å². The number of pyridine rings is 1. The predicted octanol–water partition coefficient (Wildman–Crippen LogP) is 1.60. The summed E-state index contributed by atoms with van der Waals surface area (Å²) in [6, 6.07) is 2.01. The zero-order chi connectivity index (χ0) is 16.8. The maximum absolute atomic E-state index is 10.8. The van der Waals surface area contributed by atoms with Gasteiger partial charge in [-0.05, 0) is 25.3 Å². The zero-order valence-electron chi connectivity index (χ0n) is 14.1. The lowest BCUT2D eigenvalue weighted by Gasteiger charge is -2.11. The largest absolute Gasteiger partial charge is 0.870 e. The van der Waals surface area contributed by atoms with Crippen molar-refractivity contribution in [1.82, 2.24) is 0 Å². The zero-order valence-corrected chi connectivity index (χ0v) is 14.9. The van der Waals surface area contributed by atoms with Gasteiger partial charge in [0.05, 0.1) is 19.0 Å². The Kier molecular flexibility index (Phi) is 9.23. The predicted molar refractivity (Wildman–Crippen MR) is 88.4 cm³/mol. The van der Waals surface area contributed by atoms with Crippen LogP contribution < -0.4 is 4.57 Å². The monoisotopic (exact) mass is 345 g/mol. The van der Waals surface area contributed by atoms with Crippen LogP contribution in [0.4, 0.5) is 0 Å². The fourth-order valence-corrected chi connectivity index (χ4v) is 2.81. The van der Waals surface area contributed by atoms with Crippen LogP contribution in [-0.4, -0.2) is 37.4 Å². The van der Waals surface area contributed by atoms with Crippen molar-refractivity contribution in [2.24, 2.45) is 7.05 Å². The maximum atomic E-state index is 10.8. The molecule has 0 aromatic carbocycles. The van der Waals surface area contributed by atoms with Crippen molar-refractivity contribution in [3.8, 4) is 0 Å². The van der Waals surface area contributed by atoms with Gasteiger partial charge in [0.15, 0.2) is 11.9 Å². The van der Waals surface area contributed by atoms with E-state index in [1.54, 1.807) is 0 Å². The van der Waals surface area contributed by atoms with E-state index < -0.39 is 10.1 Å². The molecule has 1 aromatic rings. The van der Waals surface area contributed by atoms with Crippen molar-refractivity contribution >= 4 is 10.1 Å². The quantitative estimate of drug-likeness (QED) is 0.317. The Morgan fingerprint density at radius 3 is 2.61 bits per heavy atom. The van der Waals surface area contributed by atoms with Crippen LogP contribution >= 0.6 is 0 Å². The van der Waals surface area contributed by atoms with Crippen LogP contribution in [0.1, 0.15) is 30.2 Å². The highest BCUT2D eigenvalue weighted by Crippen LogP contribution is 2.14. The van der Waals surface area contributed by atoms with Gasteiger partial charge in [-0.3, -0.25) is 4.55 Å². The fraction of sp³-hybridized carbons (Fsp3) is 0.562. The number of nitrogens with zero attached hydrogens (tertiary/aromatic N) is 1. The summed E-state index contributed by atoms with van der Waals surface area (Å²) in [4.78, 5) is 0. The van der Waals surface area contributed by atoms with Crippen LogP contribution in [0.3, 0.4) is 0 Å². The van der Waals surface area contributed by atoms with Gasteiger partial charge in [-0.25, -0.2) is 4.57 Å². The molecule has 0 atom stereocenters. The van der Waals surface area contributed by atoms with Crippen molar-refractivity contribution < 1.29 is 27.8 Å². The molecule has 0 amide bonds. The molecule has 0 fully saturated rings. The Morgan fingerprint density at radius 2 is 2.04 bits per heavy atom. The van der Waals surface area contributed by atoms with E-state index in [1.807, 2.05) is 37.7 Å². The third-order valence-corrected chi connectivity index (χ3v) is 4.35. The summed E-state index contributed by atoms with van der Waals surface area (Å²) in [7, 11) is -1.91. The molecular formula is C16H27NO5S. The first-order valence-corrected chi connectivity index (χ1v) is 8.96. The molecule has 1 rings (SSSR count). The van der Waals surface area contributed by atoms with Gasteiger partial charge in [-0.1, -0.05) is 12.2 Å². The van der Waals surface area contributed by atoms with Gasteiger partial charge in [0, 0.05) is 25.0 Å². The average molecular weight is 345 g/mol. The van der Waals surface area contributed by atoms with Crippen molar-refractivity contribution in [1.29, 1.82) is 0 Å². The summed E-state index contributed by atoms with van der Waals surface area (Å²) in [5.74, 6) is -0.210. The first kappa shape index (κ1) is 21.7. The van der Waals surface area contributed by atoms with E-state index in [1.165, 1.54) is 5.56 Å². The topological polar surface area (TPSA) is 97.5 Å². The minimum atomic E-state index is -3.90. The summed E-state index contributed by atoms with van der Waals surface area (Å²) >= 11 is 0. The molecular weight excluding hydrogens is 318 g/mol. The Bertz CT molecular complexity index is 626. The van der Waals surface area contributed by atoms with Crippen LogP contribution in [0, 0.1) is 6.92 Å². The van der Waals surface area contributed by atoms with E-state index in [0.717, 1.165) is 23.3 Å². The number of aryl methyl sites for hydroxylation is 2. The first-order chi connectivity index (χ1) is 10.2. The molecule has 0 unspecified atom stereocenters. The van der Waals surface area contributed by atoms with Crippen LogP contribution in [-0.2, 0) is 34.7 Å². The molecule has 23 heavy (non-hydrogen) atoms. The minimum Gasteiger partial charge on any atom is -0.870 e. The highest BCUT2D eigenvalue weighted by Gasteiger charge is 2.14. The molecule has 1 aromatic heterocycles. The Morgan fingerprint density at radius 1 is 1.39 bits per heavy atom. The van der Waals surface area contributed by atoms with Crippen molar-refractivity contribution in [2.45, 2.75) is 33.1 Å². The summed E-state index contributed by atoms with van der Waals surface area (Å²) in [5, 5.41) is 0. The molecule has 0 aliphatic rings. The molecule has 1 heterocycles. The van der Waals surface area contributed by atoms with Crippen LogP contribution in [0.15, 0.2) is 24.4 Å². The SMILES string of the molecule is C=C(C)COCCc1c(CCCS(=O)(=O)O)cc[n+](C)c1C.[OH-]. The second-order valence-electron chi connectivity index (χ2n) is 5.67. The van der Waals surface area contributed by atoms with Crippen LogP contribution in [0.2, 0.25) is 0 Å². The number of ether oxygens (including phenoxy) is 1. The van der Waals surface area contributed by atoms with Gasteiger partial charge < -0.3 is 10.2 Å². The van der Waals surface area contributed by atoms with Gasteiger partial charge in [-0.2, -0.15) is 8.42 Å². The summed E-state index contributed by atoms with van der Waals surface area (Å²) in [6.45, 7) is 8.92. The Labute approximate surface area is 138 Å². The van der Waals surface area contributed by atoms with Crippen molar-refractivity contribution in [3.05, 3.63) is 41.2 Å². The van der Waals surface area contributed by atoms with E-state index in [0.29, 0.717) is 26.1 Å². The van der Waals surface area contributed by atoms with Crippen molar-refractivity contribution in [2.75, 3.05) is 19.0 Å². The normalized spacial score (nSPS) is 11.1. The van der Waals surface area contributed by atoms with Crippen LogP contribution in [0.25, 0.3) is 0 Å². The number of rotatable bonds is 9. The summed E-state index contributed by atoms with van der Waals surface area (Å²) in [6.07, 6.45) is 3.77. The molecule has 2 N–H and O–H groups in total. The maximum Gasteiger partial charge on any atom is 0.264 e. The molecule has 132 valence electrons. The first-order valence-electron chi connectivity index (χ1n) is 7.35. The fourth-order valence-electron chi connectivity index (χ4n) is 2.30. The lowest BCUT2D eigenvalue weighted by molar-refractivity contribution is -0.678. The van der Waals surface area contributed by atoms with Gasteiger partial charge in [0.25, 0.3) is 10.1 Å². The summed E-state index contributed by atoms with van der Waals surface area (Å²) < 4.78 is 38.1. The highest BCUT2D eigenvalue weighted by molar-refractivity contribution is 7.85. The van der Waals surface area contributed by atoms with Crippen LogP contribution in [0.5, 0.6) is 0 Å². The highest BCUT2D eigenvalue weighted by atomic mass is 32.2. The molecule has 0 saturated heterocycles. The standard InChI is InChI=1S/C16H25NO4S.H2O/c1-13(2)12-21-10-8-16-14(3)17(4)9-7-15(16)6-5-11-22(18,19)20;/h7,9H,1,5-6,8,10-12H2,2-4H3;1H2. The molecule has 0 bridgehead atoms. The molecule has 0 aliphatic heterocycles. The van der Waals surface area contributed by atoms with E-state index in [4.69, 9.17) is 9.29 Å². The van der Waals surface area contributed by atoms with E-state index in [-0.39, 0.29) is 11.2 Å². The molecule has 0 saturated carbocycles. The second kappa shape index (κ2) is 9.77. The van der Waals surface area contributed by atoms with E-state index in [2.05, 4.69) is 6.58 Å². The minimum absolute atomic E-state index is 0. The molecule has 0 aliphatic carbocycles. The van der Waals surface area contributed by atoms with Crippen molar-refractivity contribution in [3.63, 3.8) is 0 Å². The average Bonchev–Trinajstić information content (AvgIpc) is 2.39. The number of hydrogen-bond acceptors (Lipinski definition) is 4. The summed E-state index contributed by atoms with van der Waals surface area (Å²) in [5.41, 5.74) is 4.42. The molecule has 7 heteroatoms. The van der Waals surface area contributed by atoms with Gasteiger partial charge >= 0.3 is 0 Å². The van der Waals surface area contributed by atoms with Gasteiger partial charge in [-0.15, -0.1) is 0 Å². The van der Waals surface area contributed by atoms with Gasteiger partial charge in [0.1, 0.15) is 7.05 Å². The Hall–Kier alpha value is -1.28. The third kappa shape index (κ3) is 8.22. The lowest BCUT2D eigenvalue weighted by Crippen LogP contribution is -2.33. The molecule has 0 spiro atoms. The Balaban J connectivity index is 0.00000484. The van der Waals surface area contributed by atoms with E-state index >= 15 is 0 Å². The smallest absolute Gasteiger partial charge is 0.264 e.